The van der Waals surface area contributed by atoms with E-state index in [2.05, 4.69) is 15.4 Å². The number of fused-ring (bicyclic) bond motifs is 3. The number of anilines is 1. The molecule has 2 aromatic heterocycles. The van der Waals surface area contributed by atoms with Crippen molar-refractivity contribution < 1.29 is 26.8 Å². The molecule has 0 saturated heterocycles. The molecule has 1 atom stereocenters. The van der Waals surface area contributed by atoms with E-state index in [1.54, 1.807) is 17.1 Å². The second-order valence-electron chi connectivity index (χ2n) is 8.26. The van der Waals surface area contributed by atoms with Gasteiger partial charge in [-0.05, 0) is 24.3 Å². The van der Waals surface area contributed by atoms with Gasteiger partial charge in [-0.2, -0.15) is 5.10 Å². The Labute approximate surface area is 200 Å². The summed E-state index contributed by atoms with van der Waals surface area (Å²) in [6.45, 7) is 0.371. The number of nitrogens with one attached hydrogen (secondary N) is 1. The Morgan fingerprint density at radius 2 is 2.06 bits per heavy atom. The maximum atomic E-state index is 13.6. The van der Waals surface area contributed by atoms with E-state index < -0.39 is 21.7 Å². The van der Waals surface area contributed by atoms with E-state index >= 15 is 0 Å². The lowest BCUT2D eigenvalue weighted by Crippen LogP contribution is -2.26. The number of amides is 1. The minimum Gasteiger partial charge on any atom is -0.486 e. The molecule has 182 valence electrons. The van der Waals surface area contributed by atoms with E-state index in [1.807, 2.05) is 0 Å². The minimum absolute atomic E-state index is 0.250. The number of ether oxygens (including phenoxy) is 1. The maximum Gasteiger partial charge on any atom is 0.255 e. The minimum atomic E-state index is -3.63. The van der Waals surface area contributed by atoms with Crippen LogP contribution in [0.1, 0.15) is 15.9 Å². The van der Waals surface area contributed by atoms with Crippen molar-refractivity contribution in [2.45, 2.75) is 19.1 Å². The van der Waals surface area contributed by atoms with E-state index in [4.69, 9.17) is 9.15 Å². The van der Waals surface area contributed by atoms with Crippen LogP contribution >= 0.6 is 0 Å². The Bertz CT molecular complexity index is 1530. The van der Waals surface area contributed by atoms with Crippen LogP contribution in [0.2, 0.25) is 0 Å². The summed E-state index contributed by atoms with van der Waals surface area (Å²) in [5.74, 6) is -0.213. The highest BCUT2D eigenvalue weighted by atomic mass is 32.2. The van der Waals surface area contributed by atoms with E-state index in [0.717, 1.165) is 10.6 Å². The van der Waals surface area contributed by atoms with Gasteiger partial charge < -0.3 is 14.5 Å². The Balaban J connectivity index is 1.75. The number of hydrogen-bond acceptors (Lipinski definition) is 7. The third kappa shape index (κ3) is 3.99. The van der Waals surface area contributed by atoms with Crippen LogP contribution in [0.5, 0.6) is 5.75 Å². The second kappa shape index (κ2) is 8.38. The summed E-state index contributed by atoms with van der Waals surface area (Å²) in [5, 5.41) is 7.28. The number of benzene rings is 2. The zero-order valence-corrected chi connectivity index (χ0v) is 20.0. The number of nitrogens with zero attached hydrogens (tertiary/aromatic N) is 4. The van der Waals surface area contributed by atoms with Crippen LogP contribution in [-0.4, -0.2) is 55.5 Å². The topological polar surface area (TPSA) is 120 Å². The first kappa shape index (κ1) is 22.8. The number of sulfonamides is 1. The number of halogens is 1. The lowest BCUT2D eigenvalue weighted by atomic mass is 9.97. The van der Waals surface area contributed by atoms with Crippen LogP contribution in [0, 0.1) is 5.82 Å². The summed E-state index contributed by atoms with van der Waals surface area (Å²) >= 11 is 0. The molecule has 0 spiro atoms. The Morgan fingerprint density at radius 3 is 2.69 bits per heavy atom. The van der Waals surface area contributed by atoms with Crippen molar-refractivity contribution in [2.75, 3.05) is 24.7 Å². The molecule has 0 bridgehead atoms. The number of rotatable bonds is 6. The molecule has 0 saturated carbocycles. The standard InChI is InChI=1S/C23H22FN5O5S/c1-25-23(30)20-19-16-8-15(10-29-12-26-11-27-29)33-22(16)17(28(2)35(3,31)32)9-18(19)34-21(20)13-4-6-14(24)7-5-13/h4-7,9,11-12,15H,8,10H2,1-3H3,(H,25,30). The molecule has 0 radical (unpaired) electrons. The molecule has 1 aliphatic heterocycles. The molecule has 10 nitrogen and oxygen atoms in total. The van der Waals surface area contributed by atoms with Gasteiger partial charge in [-0.25, -0.2) is 22.5 Å². The monoisotopic (exact) mass is 499 g/mol. The summed E-state index contributed by atoms with van der Waals surface area (Å²) in [7, 11) is -0.701. The molecule has 2 aromatic carbocycles. The van der Waals surface area contributed by atoms with Gasteiger partial charge >= 0.3 is 0 Å². The average Bonchev–Trinajstić information content (AvgIpc) is 3.55. The number of furan rings is 1. The quantitative estimate of drug-likeness (QED) is 0.433. The predicted molar refractivity (Wildman–Crippen MR) is 126 cm³/mol. The molecule has 5 rings (SSSR count). The molecule has 0 fully saturated rings. The summed E-state index contributed by atoms with van der Waals surface area (Å²) < 4.78 is 53.4. The number of carbonyl (C=O) groups excluding carboxylic acids is 1. The van der Waals surface area contributed by atoms with Crippen molar-refractivity contribution in [1.29, 1.82) is 0 Å². The van der Waals surface area contributed by atoms with Gasteiger partial charge in [0.05, 0.1) is 24.1 Å². The molecule has 35 heavy (non-hydrogen) atoms. The zero-order chi connectivity index (χ0) is 24.9. The van der Waals surface area contributed by atoms with Crippen molar-refractivity contribution >= 4 is 32.6 Å². The lowest BCUT2D eigenvalue weighted by Gasteiger charge is -2.20. The zero-order valence-electron chi connectivity index (χ0n) is 19.1. The van der Waals surface area contributed by atoms with Crippen LogP contribution in [0.25, 0.3) is 22.3 Å². The number of aromatic nitrogens is 3. The third-order valence-electron chi connectivity index (χ3n) is 5.98. The van der Waals surface area contributed by atoms with Gasteiger partial charge in [-0.3, -0.25) is 9.10 Å². The molecule has 3 heterocycles. The highest BCUT2D eigenvalue weighted by Gasteiger charge is 2.35. The van der Waals surface area contributed by atoms with Crippen molar-refractivity contribution in [3.63, 3.8) is 0 Å². The average molecular weight is 500 g/mol. The van der Waals surface area contributed by atoms with Gasteiger partial charge in [0.2, 0.25) is 10.0 Å². The summed E-state index contributed by atoms with van der Waals surface area (Å²) in [4.78, 5) is 17.0. The van der Waals surface area contributed by atoms with E-state index in [0.29, 0.717) is 46.5 Å². The van der Waals surface area contributed by atoms with Gasteiger partial charge in [0.15, 0.2) is 0 Å². The largest absolute Gasteiger partial charge is 0.486 e. The Kier molecular flexibility index (Phi) is 5.47. The van der Waals surface area contributed by atoms with Gasteiger partial charge in [0.25, 0.3) is 5.91 Å². The first-order valence-corrected chi connectivity index (χ1v) is 12.6. The van der Waals surface area contributed by atoms with Crippen molar-refractivity contribution in [3.05, 3.63) is 59.9 Å². The fourth-order valence-electron chi connectivity index (χ4n) is 4.27. The highest BCUT2D eigenvalue weighted by Crippen LogP contribution is 2.47. The number of hydrogen-bond donors (Lipinski definition) is 1. The van der Waals surface area contributed by atoms with Crippen LogP contribution in [0.15, 0.2) is 47.4 Å². The fourth-order valence-corrected chi connectivity index (χ4v) is 4.76. The summed E-state index contributed by atoms with van der Waals surface area (Å²) in [6.07, 6.45) is 4.06. The molecular weight excluding hydrogens is 477 g/mol. The predicted octanol–water partition coefficient (Wildman–Crippen LogP) is 2.59. The van der Waals surface area contributed by atoms with Crippen molar-refractivity contribution in [1.82, 2.24) is 20.1 Å². The number of carbonyl (C=O) groups is 1. The van der Waals surface area contributed by atoms with Crippen molar-refractivity contribution in [3.8, 4) is 17.1 Å². The Morgan fingerprint density at radius 1 is 1.31 bits per heavy atom. The van der Waals surface area contributed by atoms with Crippen LogP contribution in [0.3, 0.4) is 0 Å². The molecule has 4 aromatic rings. The fraction of sp³-hybridized carbons (Fsp3) is 0.261. The molecule has 0 aliphatic carbocycles. The van der Waals surface area contributed by atoms with Gasteiger partial charge in [0, 0.05) is 43.1 Å². The van der Waals surface area contributed by atoms with Gasteiger partial charge in [0.1, 0.15) is 41.7 Å². The molecule has 1 N–H and O–H groups in total. The van der Waals surface area contributed by atoms with E-state index in [-0.39, 0.29) is 17.4 Å². The van der Waals surface area contributed by atoms with Crippen LogP contribution in [0.4, 0.5) is 10.1 Å². The normalized spacial score (nSPS) is 15.1. The van der Waals surface area contributed by atoms with E-state index in [1.165, 1.54) is 44.7 Å². The second-order valence-corrected chi connectivity index (χ2v) is 10.3. The lowest BCUT2D eigenvalue weighted by molar-refractivity contribution is 0.0964. The smallest absolute Gasteiger partial charge is 0.255 e. The highest BCUT2D eigenvalue weighted by molar-refractivity contribution is 7.92. The Hall–Kier alpha value is -3.93. The first-order chi connectivity index (χ1) is 16.7. The van der Waals surface area contributed by atoms with Gasteiger partial charge in [-0.15, -0.1) is 0 Å². The molecular formula is C23H22FN5O5S. The van der Waals surface area contributed by atoms with Crippen LogP contribution < -0.4 is 14.4 Å². The molecule has 1 aliphatic rings. The van der Waals surface area contributed by atoms with E-state index in [9.17, 15) is 17.6 Å². The summed E-state index contributed by atoms with van der Waals surface area (Å²) in [5.41, 5.74) is 2.03. The maximum absolute atomic E-state index is 13.6. The SMILES string of the molecule is CNC(=O)c1c(-c2ccc(F)cc2)oc2cc(N(C)S(C)(=O)=O)c3c(c12)CC(Cn1cncn1)O3. The third-order valence-corrected chi connectivity index (χ3v) is 7.17. The molecule has 12 heteroatoms. The first-order valence-electron chi connectivity index (χ1n) is 10.7. The molecule has 1 amide bonds. The van der Waals surface area contributed by atoms with Gasteiger partial charge in [-0.1, -0.05) is 0 Å². The summed E-state index contributed by atoms with van der Waals surface area (Å²) in [6, 6.07) is 7.15. The van der Waals surface area contributed by atoms with Crippen LogP contribution in [-0.2, 0) is 23.0 Å². The van der Waals surface area contributed by atoms with Crippen molar-refractivity contribution in [2.24, 2.45) is 0 Å². The molecule has 1 unspecified atom stereocenters.